The van der Waals surface area contributed by atoms with Crippen molar-refractivity contribution in [2.24, 2.45) is 0 Å². The van der Waals surface area contributed by atoms with Gasteiger partial charge >= 0.3 is 146 Å². The second-order valence-electron chi connectivity index (χ2n) is 6.58. The number of aliphatic hydroxyl groups is 1. The van der Waals surface area contributed by atoms with E-state index in [4.69, 9.17) is 14.7 Å². The summed E-state index contributed by atoms with van der Waals surface area (Å²) in [6.45, 7) is 7.37. The summed E-state index contributed by atoms with van der Waals surface area (Å²) in [5.74, 6) is 0.892. The van der Waals surface area contributed by atoms with Gasteiger partial charge in [-0.2, -0.15) is 0 Å². The van der Waals surface area contributed by atoms with E-state index in [9.17, 15) is 5.11 Å². The third-order valence-electron chi connectivity index (χ3n) is 4.56. The van der Waals surface area contributed by atoms with Crippen molar-refractivity contribution in [3.05, 3.63) is 17.1 Å². The Morgan fingerprint density at radius 3 is 2.62 bits per heavy atom. The Kier molecular flexibility index (Phi) is 6.08. The van der Waals surface area contributed by atoms with Gasteiger partial charge in [0, 0.05) is 0 Å². The molecule has 2 heterocycles. The largest absolute Gasteiger partial charge is 0.412 e. The van der Waals surface area contributed by atoms with Gasteiger partial charge in [-0.15, -0.1) is 0 Å². The number of imidazole rings is 1. The molecule has 0 aromatic carbocycles. The van der Waals surface area contributed by atoms with Crippen LogP contribution < -0.4 is 4.48 Å². The van der Waals surface area contributed by atoms with Crippen LogP contribution in [0.5, 0.6) is 0 Å². The molecule has 24 heavy (non-hydrogen) atoms. The van der Waals surface area contributed by atoms with E-state index in [-0.39, 0.29) is 12.1 Å². The Labute approximate surface area is 151 Å². The minimum Gasteiger partial charge on any atom is -0.412 e. The summed E-state index contributed by atoms with van der Waals surface area (Å²) < 4.78 is 9.14. The summed E-state index contributed by atoms with van der Waals surface area (Å²) in [6.07, 6.45) is 4.52. The van der Waals surface area contributed by atoms with Crippen molar-refractivity contribution < 1.29 is 15.3 Å². The zero-order valence-corrected chi connectivity index (χ0v) is 17.1. The molecule has 2 aromatic heterocycles. The molecule has 6 nitrogen and oxygen atoms in total. The maximum atomic E-state index is 9.59. The topological polar surface area (TPSA) is 91.7 Å². The zero-order valence-electron chi connectivity index (χ0n) is 14.7. The Morgan fingerprint density at radius 2 is 1.96 bits per heavy atom. The molecular weight excluding hydrogens is 369 g/mol. The molecule has 3 rings (SSSR count). The van der Waals surface area contributed by atoms with Crippen LogP contribution in [0.2, 0.25) is 0 Å². The molecule has 0 amide bonds. The fourth-order valence-corrected chi connectivity index (χ4v) is 4.36. The Bertz CT molecular complexity index is 728. The van der Waals surface area contributed by atoms with E-state index in [1.165, 1.54) is 46.5 Å². The number of hydrogen-bond acceptors (Lipinski definition) is 4. The molecule has 1 atom stereocenters. The molecule has 7 heteroatoms. The van der Waals surface area contributed by atoms with E-state index in [1.807, 2.05) is 20.8 Å². The molecule has 1 unspecified atom stereocenters. The fraction of sp³-hybridized carbons (Fsp3) is 0.647. The van der Waals surface area contributed by atoms with Crippen LogP contribution in [0.1, 0.15) is 50.7 Å². The average Bonchev–Trinajstić information content (AvgIpc) is 2.89. The summed E-state index contributed by atoms with van der Waals surface area (Å²) in [7, 11) is 0. The summed E-state index contributed by atoms with van der Waals surface area (Å²) in [6, 6.07) is 0. The second-order valence-corrected chi connectivity index (χ2v) is 7.73. The summed E-state index contributed by atoms with van der Waals surface area (Å²) in [4.78, 5) is 9.74. The van der Waals surface area contributed by atoms with E-state index in [0.29, 0.717) is 13.2 Å². The number of hydrogen-bond donors (Lipinski definition) is 1. The summed E-state index contributed by atoms with van der Waals surface area (Å²) in [5.41, 5.74) is 4.23. The number of aryl methyl sites for hydroxylation is 2. The standard InChI is InChI=1S/C17H26AsN3O2.H2O/c1-4-23-17(2,3)16-20-13-14(21(16)9-10-22)11-7-5-6-8-12(11)19-15(13)18;/h22H,4-10,18H2,1-3H3;1H2. The summed E-state index contributed by atoms with van der Waals surface area (Å²) in [5, 5.41) is 9.59. The van der Waals surface area contributed by atoms with Gasteiger partial charge in [0.25, 0.3) is 0 Å². The maximum Gasteiger partial charge on any atom is -0.412 e. The minimum atomic E-state index is -0.482. The molecule has 2 aromatic rings. The number of fused-ring (bicyclic) bond motifs is 3. The van der Waals surface area contributed by atoms with E-state index in [2.05, 4.69) is 4.57 Å². The van der Waals surface area contributed by atoms with Gasteiger partial charge in [0.05, 0.1) is 0 Å². The molecule has 0 bridgehead atoms. The van der Waals surface area contributed by atoms with Gasteiger partial charge in [-0.05, 0) is 0 Å². The average molecular weight is 397 g/mol. The van der Waals surface area contributed by atoms with Crippen LogP contribution in [0.4, 0.5) is 0 Å². The molecule has 1 aliphatic rings. The van der Waals surface area contributed by atoms with Crippen molar-refractivity contribution in [3.63, 3.8) is 0 Å². The van der Waals surface area contributed by atoms with Crippen molar-refractivity contribution in [2.75, 3.05) is 13.2 Å². The SMILES string of the molecule is CCOC(C)(C)c1nc2c([AsH2])nc3c(c2n1CCO)CCCC3.O. The molecule has 0 aliphatic heterocycles. The van der Waals surface area contributed by atoms with Crippen LogP contribution in [0.25, 0.3) is 11.0 Å². The maximum absolute atomic E-state index is 9.59. The van der Waals surface area contributed by atoms with Gasteiger partial charge in [-0.1, -0.05) is 0 Å². The van der Waals surface area contributed by atoms with E-state index < -0.39 is 5.60 Å². The monoisotopic (exact) mass is 397 g/mol. The molecule has 0 saturated heterocycles. The van der Waals surface area contributed by atoms with Crippen molar-refractivity contribution in [3.8, 4) is 0 Å². The van der Waals surface area contributed by atoms with Gasteiger partial charge in [0.2, 0.25) is 0 Å². The molecule has 0 fully saturated rings. The van der Waals surface area contributed by atoms with Gasteiger partial charge in [0.1, 0.15) is 0 Å². The zero-order chi connectivity index (χ0) is 16.6. The quantitative estimate of drug-likeness (QED) is 0.720. The van der Waals surface area contributed by atoms with Crippen LogP contribution >= 0.6 is 0 Å². The number of nitrogens with zero attached hydrogens (tertiary/aromatic N) is 3. The number of aliphatic hydroxyl groups excluding tert-OH is 1. The third kappa shape index (κ3) is 3.25. The molecule has 0 spiro atoms. The smallest absolute Gasteiger partial charge is 0.412 e. The van der Waals surface area contributed by atoms with Crippen molar-refractivity contribution >= 4 is 32.4 Å². The predicted octanol–water partition coefficient (Wildman–Crippen LogP) is 0.00770. The number of rotatable bonds is 5. The Morgan fingerprint density at radius 1 is 1.25 bits per heavy atom. The normalized spacial score (nSPS) is 14.5. The van der Waals surface area contributed by atoms with Crippen LogP contribution in [0.3, 0.4) is 0 Å². The van der Waals surface area contributed by atoms with Gasteiger partial charge in [-0.3, -0.25) is 0 Å². The Balaban J connectivity index is 0.00000208. The minimum absolute atomic E-state index is 0. The number of ether oxygens (including phenoxy) is 1. The van der Waals surface area contributed by atoms with E-state index >= 15 is 0 Å². The first kappa shape index (κ1) is 19.4. The molecule has 0 saturated carbocycles. The van der Waals surface area contributed by atoms with Crippen LogP contribution in [0.15, 0.2) is 0 Å². The second kappa shape index (κ2) is 7.52. The van der Waals surface area contributed by atoms with Crippen LogP contribution in [-0.4, -0.2) is 55.2 Å². The molecule has 0 radical (unpaired) electrons. The molecule has 1 aliphatic carbocycles. The van der Waals surface area contributed by atoms with Crippen molar-refractivity contribution in [2.45, 2.75) is 58.6 Å². The van der Waals surface area contributed by atoms with Gasteiger partial charge in [-0.25, -0.2) is 0 Å². The fourth-order valence-electron chi connectivity index (χ4n) is 3.61. The van der Waals surface area contributed by atoms with Crippen LogP contribution in [0, 0.1) is 0 Å². The predicted molar refractivity (Wildman–Crippen MR) is 97.7 cm³/mol. The summed E-state index contributed by atoms with van der Waals surface area (Å²) >= 11 is 1.51. The van der Waals surface area contributed by atoms with Gasteiger partial charge < -0.3 is 5.48 Å². The first-order chi connectivity index (χ1) is 11.0. The van der Waals surface area contributed by atoms with Crippen molar-refractivity contribution in [1.82, 2.24) is 14.5 Å². The first-order valence-corrected chi connectivity index (χ1v) is 9.63. The van der Waals surface area contributed by atoms with Crippen molar-refractivity contribution in [1.29, 1.82) is 0 Å². The molecule has 3 N–H and O–H groups in total. The molecule has 134 valence electrons. The third-order valence-corrected chi connectivity index (χ3v) is 5.40. The first-order valence-electron chi connectivity index (χ1n) is 8.42. The van der Waals surface area contributed by atoms with E-state index in [0.717, 1.165) is 28.7 Å². The Hall–Kier alpha value is -0.942. The molecular formula is C17H28AsN3O3. The number of aromatic nitrogens is 3. The van der Waals surface area contributed by atoms with Crippen LogP contribution in [-0.2, 0) is 29.7 Å². The number of pyridine rings is 1. The van der Waals surface area contributed by atoms with Gasteiger partial charge in [0.15, 0.2) is 0 Å². The van der Waals surface area contributed by atoms with E-state index in [1.54, 1.807) is 0 Å².